The minimum absolute atomic E-state index is 0.139. The molecule has 5 heteroatoms. The fourth-order valence-electron chi connectivity index (χ4n) is 1.97. The smallest absolute Gasteiger partial charge is 0.305 e. The van der Waals surface area contributed by atoms with Gasteiger partial charge in [0.25, 0.3) is 0 Å². The molecule has 2 rings (SSSR count). The molecule has 1 aromatic rings. The highest BCUT2D eigenvalue weighted by molar-refractivity contribution is 6.30. The summed E-state index contributed by atoms with van der Waals surface area (Å²) >= 11 is 5.89. The lowest BCUT2D eigenvalue weighted by atomic mass is 9.88. The summed E-state index contributed by atoms with van der Waals surface area (Å²) in [6, 6.07) is 7.57. The van der Waals surface area contributed by atoms with Crippen molar-refractivity contribution in [1.82, 2.24) is 10.6 Å². The zero-order valence-corrected chi connectivity index (χ0v) is 10.1. The molecule has 1 fully saturated rings. The van der Waals surface area contributed by atoms with Gasteiger partial charge in [-0.25, -0.2) is 0 Å². The molecular weight excluding hydrogens is 240 g/mol. The van der Waals surface area contributed by atoms with Crippen molar-refractivity contribution in [2.24, 2.45) is 0 Å². The monoisotopic (exact) mass is 254 g/mol. The van der Waals surface area contributed by atoms with E-state index in [4.69, 9.17) is 16.7 Å². The predicted molar refractivity (Wildman–Crippen MR) is 66.1 cm³/mol. The Bertz CT molecular complexity index is 419. The van der Waals surface area contributed by atoms with Gasteiger partial charge in [0.1, 0.15) is 0 Å². The van der Waals surface area contributed by atoms with Gasteiger partial charge in [0.2, 0.25) is 0 Å². The summed E-state index contributed by atoms with van der Waals surface area (Å²) in [5.74, 6) is -0.773. The molecule has 4 nitrogen and oxygen atoms in total. The van der Waals surface area contributed by atoms with Crippen LogP contribution in [-0.4, -0.2) is 29.7 Å². The number of carboxylic acids is 1. The van der Waals surface area contributed by atoms with Crippen molar-refractivity contribution >= 4 is 17.6 Å². The quantitative estimate of drug-likeness (QED) is 0.740. The summed E-state index contributed by atoms with van der Waals surface area (Å²) in [4.78, 5) is 10.8. The van der Waals surface area contributed by atoms with E-state index < -0.39 is 5.97 Å². The number of halogens is 1. The van der Waals surface area contributed by atoms with Crippen LogP contribution in [0.4, 0.5) is 0 Å². The lowest BCUT2D eigenvalue weighted by molar-refractivity contribution is -0.139. The average Bonchev–Trinajstić information content (AvgIpc) is 2.21. The Morgan fingerprint density at radius 3 is 2.82 bits per heavy atom. The lowest BCUT2D eigenvalue weighted by Gasteiger charge is -2.42. The van der Waals surface area contributed by atoms with Gasteiger partial charge in [-0.15, -0.1) is 0 Å². The van der Waals surface area contributed by atoms with E-state index in [0.29, 0.717) is 24.7 Å². The number of carboxylic acid groups (broad SMARTS) is 1. The molecule has 0 bridgehead atoms. The van der Waals surface area contributed by atoms with Crippen LogP contribution in [0.5, 0.6) is 0 Å². The molecule has 0 unspecified atom stereocenters. The van der Waals surface area contributed by atoms with Crippen LogP contribution in [0.2, 0.25) is 5.02 Å². The van der Waals surface area contributed by atoms with Crippen LogP contribution in [0, 0.1) is 0 Å². The van der Waals surface area contributed by atoms with Crippen LogP contribution in [0.1, 0.15) is 12.0 Å². The second-order valence-electron chi connectivity index (χ2n) is 4.44. The molecule has 0 saturated carbocycles. The number of rotatable bonds is 5. The minimum atomic E-state index is -0.773. The van der Waals surface area contributed by atoms with Gasteiger partial charge >= 0.3 is 5.97 Å². The summed E-state index contributed by atoms with van der Waals surface area (Å²) in [5, 5.41) is 16.0. The molecule has 1 saturated heterocycles. The Morgan fingerprint density at radius 1 is 1.53 bits per heavy atom. The van der Waals surface area contributed by atoms with Crippen LogP contribution < -0.4 is 10.6 Å². The number of hydrogen-bond donors (Lipinski definition) is 3. The van der Waals surface area contributed by atoms with Crippen LogP contribution >= 0.6 is 11.6 Å². The predicted octanol–water partition coefficient (Wildman–Crippen LogP) is 1.25. The highest BCUT2D eigenvalue weighted by Gasteiger charge is 2.38. The van der Waals surface area contributed by atoms with Crippen molar-refractivity contribution in [2.45, 2.75) is 18.5 Å². The summed E-state index contributed by atoms with van der Waals surface area (Å²) < 4.78 is 0. The molecule has 1 aliphatic heterocycles. The van der Waals surface area contributed by atoms with Gasteiger partial charge in [-0.05, 0) is 17.7 Å². The molecule has 0 atom stereocenters. The fraction of sp³-hybridized carbons (Fsp3) is 0.417. The van der Waals surface area contributed by atoms with Gasteiger partial charge in [0.15, 0.2) is 0 Å². The van der Waals surface area contributed by atoms with E-state index in [2.05, 4.69) is 10.6 Å². The SMILES string of the molecule is O=C(O)CC1(NCc2cccc(Cl)c2)CNC1. The highest BCUT2D eigenvalue weighted by atomic mass is 35.5. The first-order chi connectivity index (χ1) is 8.10. The van der Waals surface area contributed by atoms with Crippen molar-refractivity contribution in [3.8, 4) is 0 Å². The first-order valence-electron chi connectivity index (χ1n) is 5.52. The van der Waals surface area contributed by atoms with Crippen molar-refractivity contribution in [3.63, 3.8) is 0 Å². The molecule has 1 aliphatic rings. The van der Waals surface area contributed by atoms with Crippen LogP contribution in [-0.2, 0) is 11.3 Å². The molecule has 92 valence electrons. The zero-order chi connectivity index (χ0) is 12.3. The van der Waals surface area contributed by atoms with E-state index in [1.54, 1.807) is 0 Å². The van der Waals surface area contributed by atoms with Crippen LogP contribution in [0.15, 0.2) is 24.3 Å². The summed E-state index contributed by atoms with van der Waals surface area (Å²) in [6.07, 6.45) is 0.139. The topological polar surface area (TPSA) is 61.4 Å². The van der Waals surface area contributed by atoms with Gasteiger partial charge in [0, 0.05) is 24.7 Å². The number of carbonyl (C=O) groups is 1. The highest BCUT2D eigenvalue weighted by Crippen LogP contribution is 2.18. The molecular formula is C12H15ClN2O2. The van der Waals surface area contributed by atoms with Crippen molar-refractivity contribution in [2.75, 3.05) is 13.1 Å². The fourth-order valence-corrected chi connectivity index (χ4v) is 2.18. The molecule has 1 heterocycles. The standard InChI is InChI=1S/C12H15ClN2O2/c13-10-3-1-2-9(4-10)6-15-12(5-11(16)17)7-14-8-12/h1-4,14-15H,5-8H2,(H,16,17). The van der Waals surface area contributed by atoms with E-state index in [-0.39, 0.29) is 12.0 Å². The van der Waals surface area contributed by atoms with Gasteiger partial charge in [-0.3, -0.25) is 4.79 Å². The second-order valence-corrected chi connectivity index (χ2v) is 4.87. The zero-order valence-electron chi connectivity index (χ0n) is 9.37. The summed E-state index contributed by atoms with van der Waals surface area (Å²) in [6.45, 7) is 2.02. The van der Waals surface area contributed by atoms with Gasteiger partial charge in [-0.1, -0.05) is 23.7 Å². The molecule has 0 spiro atoms. The van der Waals surface area contributed by atoms with Gasteiger partial charge < -0.3 is 15.7 Å². The maximum Gasteiger partial charge on any atom is 0.305 e. The van der Waals surface area contributed by atoms with Crippen LogP contribution in [0.3, 0.4) is 0 Å². The Balaban J connectivity index is 1.94. The largest absolute Gasteiger partial charge is 0.481 e. The number of benzene rings is 1. The first kappa shape index (κ1) is 12.4. The summed E-state index contributed by atoms with van der Waals surface area (Å²) in [5.41, 5.74) is 0.753. The van der Waals surface area contributed by atoms with E-state index in [1.807, 2.05) is 24.3 Å². The Kier molecular flexibility index (Phi) is 3.66. The Hall–Kier alpha value is -1.10. The Morgan fingerprint density at radius 2 is 2.29 bits per heavy atom. The number of hydrogen-bond acceptors (Lipinski definition) is 3. The van der Waals surface area contributed by atoms with Gasteiger partial charge in [0.05, 0.1) is 12.0 Å². The van der Waals surface area contributed by atoms with E-state index in [9.17, 15) is 4.79 Å². The maximum atomic E-state index is 10.8. The molecule has 1 aromatic carbocycles. The molecule has 0 amide bonds. The number of nitrogens with one attached hydrogen (secondary N) is 2. The number of aliphatic carboxylic acids is 1. The van der Waals surface area contributed by atoms with E-state index in [0.717, 1.165) is 5.56 Å². The normalized spacial score (nSPS) is 17.5. The van der Waals surface area contributed by atoms with Crippen molar-refractivity contribution in [3.05, 3.63) is 34.9 Å². The molecule has 0 aliphatic carbocycles. The molecule has 0 aromatic heterocycles. The molecule has 3 N–H and O–H groups in total. The van der Waals surface area contributed by atoms with E-state index in [1.165, 1.54) is 0 Å². The molecule has 0 radical (unpaired) electrons. The summed E-state index contributed by atoms with van der Waals surface area (Å²) in [7, 11) is 0. The van der Waals surface area contributed by atoms with Crippen LogP contribution in [0.25, 0.3) is 0 Å². The van der Waals surface area contributed by atoms with Gasteiger partial charge in [-0.2, -0.15) is 0 Å². The third kappa shape index (κ3) is 3.19. The minimum Gasteiger partial charge on any atom is -0.481 e. The maximum absolute atomic E-state index is 10.8. The third-order valence-corrected chi connectivity index (χ3v) is 3.21. The average molecular weight is 255 g/mol. The molecule has 17 heavy (non-hydrogen) atoms. The third-order valence-electron chi connectivity index (χ3n) is 2.97. The Labute approximate surface area is 105 Å². The van der Waals surface area contributed by atoms with Crippen molar-refractivity contribution < 1.29 is 9.90 Å². The second kappa shape index (κ2) is 5.04. The van der Waals surface area contributed by atoms with Crippen molar-refractivity contribution in [1.29, 1.82) is 0 Å². The first-order valence-corrected chi connectivity index (χ1v) is 5.89. The van der Waals surface area contributed by atoms with E-state index >= 15 is 0 Å². The lowest BCUT2D eigenvalue weighted by Crippen LogP contribution is -2.68.